The first-order valence-electron chi connectivity index (χ1n) is 16.8. The van der Waals surface area contributed by atoms with Crippen LogP contribution in [0.1, 0.15) is 0 Å². The molecule has 0 spiro atoms. The molecule has 0 amide bonds. The third-order valence-corrected chi connectivity index (χ3v) is 9.60. The van der Waals surface area contributed by atoms with E-state index in [0.717, 1.165) is 44.3 Å². The molecule has 0 fully saturated rings. The van der Waals surface area contributed by atoms with E-state index in [0.29, 0.717) is 17.6 Å². The summed E-state index contributed by atoms with van der Waals surface area (Å²) in [6.45, 7) is 0. The summed E-state index contributed by atoms with van der Waals surface area (Å²) in [5, 5.41) is 4.73. The van der Waals surface area contributed by atoms with Crippen LogP contribution in [0.15, 0.2) is 176 Å². The Kier molecular flexibility index (Phi) is 6.42. The van der Waals surface area contributed by atoms with E-state index in [-0.39, 0.29) is 0 Å². The van der Waals surface area contributed by atoms with Crippen LogP contribution in [0, 0.1) is 0 Å². The van der Waals surface area contributed by atoms with E-state index in [1.54, 1.807) is 0 Å². The van der Waals surface area contributed by atoms with Crippen molar-refractivity contribution in [2.45, 2.75) is 0 Å². The summed E-state index contributed by atoms with van der Waals surface area (Å²) in [5.41, 5.74) is 9.55. The summed E-state index contributed by atoms with van der Waals surface area (Å²) in [5.74, 6) is 1.80. The number of aromatic nitrogens is 5. The van der Waals surface area contributed by atoms with E-state index < -0.39 is 0 Å². The molecular formula is C45H29N5. The second-order valence-electron chi connectivity index (χ2n) is 12.5. The molecular weight excluding hydrogens is 611 g/mol. The zero-order chi connectivity index (χ0) is 33.0. The van der Waals surface area contributed by atoms with Gasteiger partial charge in [-0.3, -0.25) is 4.57 Å². The van der Waals surface area contributed by atoms with Crippen LogP contribution in [0.25, 0.3) is 89.2 Å². The van der Waals surface area contributed by atoms with E-state index >= 15 is 0 Å². The Balaban J connectivity index is 1.28. The molecule has 234 valence electrons. The van der Waals surface area contributed by atoms with Gasteiger partial charge in [-0.05, 0) is 47.5 Å². The molecule has 3 aromatic heterocycles. The molecule has 0 saturated carbocycles. The maximum Gasteiger partial charge on any atom is 0.238 e. The third kappa shape index (κ3) is 4.37. The first-order valence-corrected chi connectivity index (χ1v) is 16.8. The fraction of sp³-hybridized carbons (Fsp3) is 0. The van der Waals surface area contributed by atoms with Crippen molar-refractivity contribution in [3.8, 4) is 45.5 Å². The molecule has 0 unspecified atom stereocenters. The summed E-state index contributed by atoms with van der Waals surface area (Å²) in [6, 6.07) is 61.3. The molecule has 10 rings (SSSR count). The monoisotopic (exact) mass is 639 g/mol. The first-order chi connectivity index (χ1) is 24.8. The molecule has 0 bridgehead atoms. The van der Waals surface area contributed by atoms with Gasteiger partial charge < -0.3 is 4.57 Å². The summed E-state index contributed by atoms with van der Waals surface area (Å²) < 4.78 is 4.52. The lowest BCUT2D eigenvalue weighted by Crippen LogP contribution is -2.07. The Morgan fingerprint density at radius 1 is 0.320 bits per heavy atom. The van der Waals surface area contributed by atoms with Crippen LogP contribution >= 0.6 is 0 Å². The number of fused-ring (bicyclic) bond motifs is 6. The maximum atomic E-state index is 5.33. The molecule has 10 aromatic rings. The Morgan fingerprint density at radius 2 is 0.820 bits per heavy atom. The predicted molar refractivity (Wildman–Crippen MR) is 205 cm³/mol. The molecule has 0 aliphatic rings. The second-order valence-corrected chi connectivity index (χ2v) is 12.5. The maximum absolute atomic E-state index is 5.33. The van der Waals surface area contributed by atoms with Gasteiger partial charge in [0.2, 0.25) is 5.95 Å². The summed E-state index contributed by atoms with van der Waals surface area (Å²) in [4.78, 5) is 15.7. The zero-order valence-electron chi connectivity index (χ0n) is 27.0. The molecule has 5 nitrogen and oxygen atoms in total. The van der Waals surface area contributed by atoms with E-state index in [9.17, 15) is 0 Å². The topological polar surface area (TPSA) is 48.5 Å². The number of benzene rings is 7. The summed E-state index contributed by atoms with van der Waals surface area (Å²) >= 11 is 0. The molecule has 7 aromatic carbocycles. The minimum absolute atomic E-state index is 0.572. The van der Waals surface area contributed by atoms with Gasteiger partial charge in [0.05, 0.1) is 27.8 Å². The standard InChI is InChI=1S/C45H29N5/c1-3-16-30(17-4-1)32-24-15-29-41-42(32)35-22-9-13-27-39(35)50(41)45-47-43(31-18-5-2-6-19-31)46-44(48-45)36-23-10-14-28-40(36)49-37-25-11-7-20-33(37)34-21-8-12-26-38(34)49/h1-29H. The van der Waals surface area contributed by atoms with Crippen molar-refractivity contribution in [1.82, 2.24) is 24.1 Å². The largest absolute Gasteiger partial charge is 0.309 e. The second kappa shape index (κ2) is 11.4. The highest BCUT2D eigenvalue weighted by Gasteiger charge is 2.22. The van der Waals surface area contributed by atoms with Gasteiger partial charge in [0.25, 0.3) is 0 Å². The van der Waals surface area contributed by atoms with Crippen molar-refractivity contribution in [3.05, 3.63) is 176 Å². The Bertz CT molecular complexity index is 2810. The quantitative estimate of drug-likeness (QED) is 0.188. The van der Waals surface area contributed by atoms with E-state index in [1.165, 1.54) is 27.3 Å². The number of nitrogens with zero attached hydrogens (tertiary/aromatic N) is 5. The van der Waals surface area contributed by atoms with Gasteiger partial charge in [0, 0.05) is 32.7 Å². The van der Waals surface area contributed by atoms with Crippen molar-refractivity contribution < 1.29 is 0 Å². The van der Waals surface area contributed by atoms with Gasteiger partial charge in [-0.15, -0.1) is 0 Å². The number of para-hydroxylation sites is 4. The molecule has 3 heterocycles. The summed E-state index contributed by atoms with van der Waals surface area (Å²) in [6.07, 6.45) is 0. The van der Waals surface area contributed by atoms with Gasteiger partial charge in [-0.1, -0.05) is 140 Å². The lowest BCUT2D eigenvalue weighted by Gasteiger charge is -2.15. The highest BCUT2D eigenvalue weighted by atomic mass is 15.2. The van der Waals surface area contributed by atoms with Crippen molar-refractivity contribution in [1.29, 1.82) is 0 Å². The number of hydrogen-bond acceptors (Lipinski definition) is 3. The van der Waals surface area contributed by atoms with Crippen LogP contribution in [-0.2, 0) is 0 Å². The van der Waals surface area contributed by atoms with Gasteiger partial charge in [-0.25, -0.2) is 4.98 Å². The summed E-state index contributed by atoms with van der Waals surface area (Å²) in [7, 11) is 0. The van der Waals surface area contributed by atoms with Gasteiger partial charge in [0.1, 0.15) is 0 Å². The van der Waals surface area contributed by atoms with Crippen molar-refractivity contribution in [2.24, 2.45) is 0 Å². The Morgan fingerprint density at radius 3 is 1.52 bits per heavy atom. The van der Waals surface area contributed by atoms with Gasteiger partial charge >= 0.3 is 0 Å². The number of hydrogen-bond donors (Lipinski definition) is 0. The fourth-order valence-electron chi connectivity index (χ4n) is 7.43. The minimum atomic E-state index is 0.572. The van der Waals surface area contributed by atoms with E-state index in [4.69, 9.17) is 15.0 Å². The lowest BCUT2D eigenvalue weighted by molar-refractivity contribution is 0.951. The highest BCUT2D eigenvalue weighted by Crippen LogP contribution is 2.39. The van der Waals surface area contributed by atoms with Crippen molar-refractivity contribution >= 4 is 43.6 Å². The van der Waals surface area contributed by atoms with Gasteiger partial charge in [0.15, 0.2) is 11.6 Å². The van der Waals surface area contributed by atoms with Crippen LogP contribution in [-0.4, -0.2) is 24.1 Å². The molecule has 0 atom stereocenters. The zero-order valence-corrected chi connectivity index (χ0v) is 27.0. The van der Waals surface area contributed by atoms with Crippen LogP contribution in [0.2, 0.25) is 0 Å². The molecule has 5 heteroatoms. The fourth-order valence-corrected chi connectivity index (χ4v) is 7.43. The smallest absolute Gasteiger partial charge is 0.238 e. The Hall–Kier alpha value is -6.85. The molecule has 0 aliphatic heterocycles. The normalized spacial score (nSPS) is 11.6. The van der Waals surface area contributed by atoms with Crippen LogP contribution in [0.4, 0.5) is 0 Å². The van der Waals surface area contributed by atoms with Crippen LogP contribution < -0.4 is 0 Å². The van der Waals surface area contributed by atoms with Crippen LogP contribution in [0.5, 0.6) is 0 Å². The van der Waals surface area contributed by atoms with E-state index in [2.05, 4.69) is 167 Å². The third-order valence-electron chi connectivity index (χ3n) is 9.60. The minimum Gasteiger partial charge on any atom is -0.309 e. The van der Waals surface area contributed by atoms with E-state index in [1.807, 2.05) is 18.2 Å². The lowest BCUT2D eigenvalue weighted by atomic mass is 9.99. The van der Waals surface area contributed by atoms with Crippen molar-refractivity contribution in [2.75, 3.05) is 0 Å². The molecule has 50 heavy (non-hydrogen) atoms. The first kappa shape index (κ1) is 28.2. The van der Waals surface area contributed by atoms with Crippen LogP contribution in [0.3, 0.4) is 0 Å². The molecule has 0 N–H and O–H groups in total. The Labute approximate surface area is 288 Å². The highest BCUT2D eigenvalue weighted by molar-refractivity contribution is 6.15. The molecule has 0 aliphatic carbocycles. The molecule has 0 radical (unpaired) electrons. The SMILES string of the molecule is c1ccc(-c2nc(-c3ccccc3-n3c4ccccc4c4ccccc43)nc(-n3c4ccccc4c4c(-c5ccccc5)cccc43)n2)cc1. The molecule has 0 saturated heterocycles. The predicted octanol–water partition coefficient (Wildman–Crippen LogP) is 11.1. The van der Waals surface area contributed by atoms with Gasteiger partial charge in [-0.2, -0.15) is 9.97 Å². The number of rotatable bonds is 5. The average molecular weight is 640 g/mol. The average Bonchev–Trinajstić information content (AvgIpc) is 3.72. The van der Waals surface area contributed by atoms with Crippen molar-refractivity contribution in [3.63, 3.8) is 0 Å².